The van der Waals surface area contributed by atoms with Crippen molar-refractivity contribution < 1.29 is 23.9 Å². The Morgan fingerprint density at radius 2 is 1.90 bits per heavy atom. The lowest BCUT2D eigenvalue weighted by Crippen LogP contribution is -2.30. The number of nitrogens with one attached hydrogen (secondary N) is 2. The van der Waals surface area contributed by atoms with Gasteiger partial charge in [-0.15, -0.1) is 11.3 Å². The van der Waals surface area contributed by atoms with Crippen LogP contribution in [0.2, 0.25) is 0 Å². The van der Waals surface area contributed by atoms with Gasteiger partial charge in [-0.25, -0.2) is 9.59 Å². The van der Waals surface area contributed by atoms with Crippen LogP contribution >= 0.6 is 11.3 Å². The summed E-state index contributed by atoms with van der Waals surface area (Å²) in [7, 11) is 0. The number of anilines is 2. The number of hydrogen-bond donors (Lipinski definition) is 2. The number of amides is 2. The minimum atomic E-state index is -1.08. The highest BCUT2D eigenvalue weighted by molar-refractivity contribution is 7.14. The molecule has 0 radical (unpaired) electrons. The van der Waals surface area contributed by atoms with Gasteiger partial charge in [0.2, 0.25) is 0 Å². The highest BCUT2D eigenvalue weighted by Gasteiger charge is 2.21. The van der Waals surface area contributed by atoms with Crippen molar-refractivity contribution in [1.82, 2.24) is 0 Å². The van der Waals surface area contributed by atoms with Crippen LogP contribution in [0.4, 0.5) is 15.5 Å². The molecule has 2 aromatic rings. The smallest absolute Gasteiger partial charge is 0.412 e. The molecule has 29 heavy (non-hydrogen) atoms. The lowest BCUT2D eigenvalue weighted by atomic mass is 10.2. The number of carbonyl (C=O) groups is 3. The predicted molar refractivity (Wildman–Crippen MR) is 109 cm³/mol. The van der Waals surface area contributed by atoms with Crippen molar-refractivity contribution >= 4 is 40.0 Å². The molecule has 2 rings (SSSR count). The van der Waals surface area contributed by atoms with E-state index in [1.807, 2.05) is 6.07 Å². The first-order chi connectivity index (χ1) is 13.6. The van der Waals surface area contributed by atoms with Crippen molar-refractivity contribution in [2.45, 2.75) is 39.4 Å². The van der Waals surface area contributed by atoms with Gasteiger partial charge >= 0.3 is 12.1 Å². The topological polar surface area (TPSA) is 118 Å². The van der Waals surface area contributed by atoms with E-state index in [1.54, 1.807) is 44.4 Å². The quantitative estimate of drug-likeness (QED) is 0.708. The SMILES string of the molecule is C[C@H](OC(=O)c1cccc(NC(=O)OC(C)(C)C)c1)C(=O)Nc1sccc1C#N. The van der Waals surface area contributed by atoms with E-state index in [4.69, 9.17) is 14.7 Å². The van der Waals surface area contributed by atoms with Crippen molar-refractivity contribution in [2.24, 2.45) is 0 Å². The van der Waals surface area contributed by atoms with Crippen LogP contribution in [-0.2, 0) is 14.3 Å². The highest BCUT2D eigenvalue weighted by Crippen LogP contribution is 2.22. The Hall–Kier alpha value is -3.38. The third-order valence-electron chi connectivity index (χ3n) is 3.42. The molecule has 0 bridgehead atoms. The molecule has 0 saturated carbocycles. The number of hydrogen-bond acceptors (Lipinski definition) is 7. The van der Waals surface area contributed by atoms with Gasteiger partial charge in [-0.1, -0.05) is 6.07 Å². The molecule has 0 spiro atoms. The van der Waals surface area contributed by atoms with E-state index in [2.05, 4.69) is 10.6 Å². The van der Waals surface area contributed by atoms with Crippen molar-refractivity contribution in [3.05, 3.63) is 46.8 Å². The summed E-state index contributed by atoms with van der Waals surface area (Å²) < 4.78 is 10.4. The first kappa shape index (κ1) is 21.9. The van der Waals surface area contributed by atoms with E-state index in [0.29, 0.717) is 16.3 Å². The van der Waals surface area contributed by atoms with Crippen LogP contribution in [0.1, 0.15) is 43.6 Å². The molecule has 0 saturated heterocycles. The Bertz CT molecular complexity index is 956. The monoisotopic (exact) mass is 415 g/mol. The predicted octanol–water partition coefficient (Wildman–Crippen LogP) is 4.15. The Labute approximate surface area is 172 Å². The van der Waals surface area contributed by atoms with Crippen LogP contribution in [0.3, 0.4) is 0 Å². The number of rotatable bonds is 5. The molecule has 1 aromatic heterocycles. The van der Waals surface area contributed by atoms with Gasteiger partial charge in [0.25, 0.3) is 5.91 Å². The van der Waals surface area contributed by atoms with Crippen molar-refractivity contribution in [3.63, 3.8) is 0 Å². The second-order valence-electron chi connectivity index (χ2n) is 7.02. The minimum absolute atomic E-state index is 0.159. The molecule has 1 aromatic carbocycles. The number of esters is 1. The van der Waals surface area contributed by atoms with Gasteiger partial charge in [-0.2, -0.15) is 5.26 Å². The summed E-state index contributed by atoms with van der Waals surface area (Å²) in [4.78, 5) is 36.4. The average molecular weight is 415 g/mol. The van der Waals surface area contributed by atoms with Crippen LogP contribution in [0, 0.1) is 11.3 Å². The number of carbonyl (C=O) groups excluding carboxylic acids is 3. The van der Waals surface area contributed by atoms with Gasteiger partial charge in [0.15, 0.2) is 6.10 Å². The van der Waals surface area contributed by atoms with Crippen LogP contribution in [0.25, 0.3) is 0 Å². The molecule has 8 nitrogen and oxygen atoms in total. The third kappa shape index (κ3) is 6.62. The summed E-state index contributed by atoms with van der Waals surface area (Å²) >= 11 is 1.20. The fourth-order valence-corrected chi connectivity index (χ4v) is 2.88. The zero-order valence-corrected chi connectivity index (χ0v) is 17.3. The molecule has 0 fully saturated rings. The van der Waals surface area contributed by atoms with Gasteiger partial charge in [-0.05, 0) is 57.3 Å². The van der Waals surface area contributed by atoms with Gasteiger partial charge < -0.3 is 14.8 Å². The van der Waals surface area contributed by atoms with Crippen LogP contribution in [0.5, 0.6) is 0 Å². The lowest BCUT2D eigenvalue weighted by molar-refractivity contribution is -0.123. The Balaban J connectivity index is 1.98. The molecule has 0 aliphatic carbocycles. The molecule has 2 N–H and O–H groups in total. The standard InChI is InChI=1S/C20H21N3O5S/c1-12(16(24)23-17-14(11-21)8-9-29-17)27-18(25)13-6-5-7-15(10-13)22-19(26)28-20(2,3)4/h5-10,12H,1-4H3,(H,22,26)(H,23,24)/t12-/m0/s1. The molecule has 2 amide bonds. The van der Waals surface area contributed by atoms with Crippen LogP contribution in [0.15, 0.2) is 35.7 Å². The lowest BCUT2D eigenvalue weighted by Gasteiger charge is -2.19. The largest absolute Gasteiger partial charge is 0.449 e. The van der Waals surface area contributed by atoms with Crippen molar-refractivity contribution in [1.29, 1.82) is 5.26 Å². The minimum Gasteiger partial charge on any atom is -0.449 e. The van der Waals surface area contributed by atoms with Gasteiger partial charge in [0, 0.05) is 5.69 Å². The van der Waals surface area contributed by atoms with Crippen molar-refractivity contribution in [3.8, 4) is 6.07 Å². The van der Waals surface area contributed by atoms with Gasteiger partial charge in [-0.3, -0.25) is 10.1 Å². The van der Waals surface area contributed by atoms with E-state index in [9.17, 15) is 14.4 Å². The number of ether oxygens (including phenoxy) is 2. The van der Waals surface area contributed by atoms with E-state index in [0.717, 1.165) is 0 Å². The maximum atomic E-state index is 12.4. The summed E-state index contributed by atoms with van der Waals surface area (Å²) in [6, 6.07) is 9.63. The molecule has 0 aliphatic heterocycles. The van der Waals surface area contributed by atoms with E-state index >= 15 is 0 Å². The number of benzene rings is 1. The average Bonchev–Trinajstić information content (AvgIpc) is 3.07. The maximum Gasteiger partial charge on any atom is 0.412 e. The molecule has 1 atom stereocenters. The Kier molecular flexibility index (Phi) is 6.96. The van der Waals surface area contributed by atoms with Gasteiger partial charge in [0.1, 0.15) is 16.7 Å². The maximum absolute atomic E-state index is 12.4. The molecule has 1 heterocycles. The Morgan fingerprint density at radius 1 is 1.17 bits per heavy atom. The molecular weight excluding hydrogens is 394 g/mol. The van der Waals surface area contributed by atoms with E-state index in [-0.39, 0.29) is 5.56 Å². The van der Waals surface area contributed by atoms with E-state index < -0.39 is 29.7 Å². The zero-order valence-electron chi connectivity index (χ0n) is 16.4. The number of thiophene rings is 1. The summed E-state index contributed by atoms with van der Waals surface area (Å²) in [6.45, 7) is 6.64. The molecule has 9 heteroatoms. The molecule has 152 valence electrons. The fraction of sp³-hybridized carbons (Fsp3) is 0.300. The second kappa shape index (κ2) is 9.21. The fourth-order valence-electron chi connectivity index (χ4n) is 2.14. The van der Waals surface area contributed by atoms with Crippen LogP contribution < -0.4 is 10.6 Å². The third-order valence-corrected chi connectivity index (χ3v) is 4.25. The first-order valence-electron chi connectivity index (χ1n) is 8.68. The second-order valence-corrected chi connectivity index (χ2v) is 7.94. The summed E-state index contributed by atoms with van der Waals surface area (Å²) in [5.41, 5.74) is 0.190. The van der Waals surface area contributed by atoms with Crippen molar-refractivity contribution in [2.75, 3.05) is 10.6 Å². The summed E-state index contributed by atoms with van der Waals surface area (Å²) in [5, 5.41) is 16.2. The van der Waals surface area contributed by atoms with Gasteiger partial charge in [0.05, 0.1) is 11.1 Å². The Morgan fingerprint density at radius 3 is 2.55 bits per heavy atom. The molecule has 0 unspecified atom stereocenters. The molecular formula is C20H21N3O5S. The zero-order chi connectivity index (χ0) is 21.6. The summed E-state index contributed by atoms with van der Waals surface area (Å²) in [6.07, 6.45) is -1.74. The first-order valence-corrected chi connectivity index (χ1v) is 9.56. The normalized spacial score (nSPS) is 11.7. The number of nitriles is 1. The van der Waals surface area contributed by atoms with E-state index in [1.165, 1.54) is 30.4 Å². The highest BCUT2D eigenvalue weighted by atomic mass is 32.1. The molecule has 0 aliphatic rings. The van der Waals surface area contributed by atoms with Crippen LogP contribution in [-0.4, -0.2) is 29.7 Å². The summed E-state index contributed by atoms with van der Waals surface area (Å²) in [5.74, 6) is -1.28. The number of nitrogens with zero attached hydrogens (tertiary/aromatic N) is 1.